The van der Waals surface area contributed by atoms with Crippen LogP contribution in [0, 0.1) is 0 Å². The fraction of sp³-hybridized carbons (Fsp3) is 0.167. The van der Waals surface area contributed by atoms with Gasteiger partial charge in [0, 0.05) is 5.75 Å². The topological polar surface area (TPSA) is 37.3 Å². The first-order chi connectivity index (χ1) is 7.13. The van der Waals surface area contributed by atoms with Gasteiger partial charge in [-0.25, -0.2) is 4.79 Å². The number of hydrogen-bond acceptors (Lipinski definition) is 2. The molecule has 0 radical (unpaired) electrons. The molecule has 3 heteroatoms. The Morgan fingerprint density at radius 2 is 2.07 bits per heavy atom. The van der Waals surface area contributed by atoms with E-state index in [4.69, 9.17) is 5.11 Å². The van der Waals surface area contributed by atoms with E-state index in [1.54, 1.807) is 6.08 Å². The van der Waals surface area contributed by atoms with Gasteiger partial charge < -0.3 is 5.11 Å². The second-order valence-corrected chi connectivity index (χ2v) is 3.43. The zero-order valence-corrected chi connectivity index (χ0v) is 9.29. The molecule has 0 unspecified atom stereocenters. The third kappa shape index (κ3) is 3.66. The van der Waals surface area contributed by atoms with E-state index in [1.807, 2.05) is 24.3 Å². The molecule has 1 rings (SSSR count). The molecule has 0 amide bonds. The van der Waals surface area contributed by atoms with Gasteiger partial charge in [0.05, 0.1) is 5.57 Å². The molecule has 0 fully saturated rings. The average molecular weight is 220 g/mol. The lowest BCUT2D eigenvalue weighted by Crippen LogP contribution is -1.93. The lowest BCUT2D eigenvalue weighted by Gasteiger charge is -1.95. The van der Waals surface area contributed by atoms with Gasteiger partial charge in [-0.2, -0.15) is 12.6 Å². The third-order valence-electron chi connectivity index (χ3n) is 1.94. The van der Waals surface area contributed by atoms with Gasteiger partial charge in [-0.05, 0) is 24.1 Å². The van der Waals surface area contributed by atoms with Crippen LogP contribution in [0.1, 0.15) is 18.1 Å². The molecule has 0 aromatic heterocycles. The second kappa shape index (κ2) is 5.44. The number of carbonyl (C=O) groups is 1. The van der Waals surface area contributed by atoms with Crippen molar-refractivity contribution in [3.63, 3.8) is 0 Å². The van der Waals surface area contributed by atoms with Crippen molar-refractivity contribution in [3.05, 3.63) is 46.7 Å². The van der Waals surface area contributed by atoms with E-state index in [0.717, 1.165) is 11.1 Å². The smallest absolute Gasteiger partial charge is 0.339 e. The Labute approximate surface area is 94.4 Å². The van der Waals surface area contributed by atoms with E-state index in [-0.39, 0.29) is 5.57 Å². The molecule has 1 aromatic rings. The fourth-order valence-corrected chi connectivity index (χ4v) is 1.18. The highest BCUT2D eigenvalue weighted by molar-refractivity contribution is 7.79. The van der Waals surface area contributed by atoms with Crippen LogP contribution in [0.2, 0.25) is 0 Å². The number of aliphatic carboxylic acids is 1. The summed E-state index contributed by atoms with van der Waals surface area (Å²) < 4.78 is 0. The van der Waals surface area contributed by atoms with Crippen LogP contribution in [-0.4, -0.2) is 11.1 Å². The Bertz CT molecular complexity index is 412. The standard InChI is InChI=1S/C12H12O2S/c1-9(12(13)14)2-3-10-4-6-11(8-15)7-5-10/h3-7,15H,8H2,1H3,(H,13,14). The highest BCUT2D eigenvalue weighted by atomic mass is 32.1. The molecule has 0 heterocycles. The minimum Gasteiger partial charge on any atom is -0.477 e. The molecule has 1 N–H and O–H groups in total. The molecule has 0 saturated carbocycles. The van der Waals surface area contributed by atoms with Gasteiger partial charge in [0.25, 0.3) is 0 Å². The lowest BCUT2D eigenvalue weighted by atomic mass is 10.1. The Morgan fingerprint density at radius 1 is 1.47 bits per heavy atom. The van der Waals surface area contributed by atoms with Crippen molar-refractivity contribution in [1.82, 2.24) is 0 Å². The van der Waals surface area contributed by atoms with Gasteiger partial charge in [0.1, 0.15) is 0 Å². The van der Waals surface area contributed by atoms with Gasteiger partial charge in [0.2, 0.25) is 0 Å². The molecule has 0 spiro atoms. The van der Waals surface area contributed by atoms with Crippen LogP contribution in [0.15, 0.2) is 35.6 Å². The Hall–Kier alpha value is -1.44. The molecule has 78 valence electrons. The highest BCUT2D eigenvalue weighted by Gasteiger charge is 1.95. The summed E-state index contributed by atoms with van der Waals surface area (Å²) in [6.45, 7) is 1.51. The molecule has 0 aliphatic rings. The molecule has 1 aromatic carbocycles. The van der Waals surface area contributed by atoms with Crippen LogP contribution in [0.5, 0.6) is 0 Å². The molecule has 0 bridgehead atoms. The van der Waals surface area contributed by atoms with E-state index in [2.05, 4.69) is 18.4 Å². The summed E-state index contributed by atoms with van der Waals surface area (Å²) in [5.41, 5.74) is 4.98. The SMILES string of the molecule is CC(=C=Cc1ccc(CS)cc1)C(=O)O. The van der Waals surface area contributed by atoms with Crippen molar-refractivity contribution in [3.8, 4) is 0 Å². The van der Waals surface area contributed by atoms with E-state index >= 15 is 0 Å². The normalized spacial score (nSPS) is 9.20. The van der Waals surface area contributed by atoms with E-state index in [0.29, 0.717) is 5.75 Å². The quantitative estimate of drug-likeness (QED) is 0.467. The predicted octanol–water partition coefficient (Wildman–Crippen LogP) is 2.76. The van der Waals surface area contributed by atoms with Crippen molar-refractivity contribution in [2.75, 3.05) is 0 Å². The Morgan fingerprint density at radius 3 is 2.53 bits per heavy atom. The van der Waals surface area contributed by atoms with Crippen LogP contribution in [0.4, 0.5) is 0 Å². The molecule has 15 heavy (non-hydrogen) atoms. The monoisotopic (exact) mass is 220 g/mol. The number of thiol groups is 1. The summed E-state index contributed by atoms with van der Waals surface area (Å²) in [4.78, 5) is 10.5. The summed E-state index contributed by atoms with van der Waals surface area (Å²) in [5.74, 6) is -0.244. The molecule has 0 aliphatic heterocycles. The number of carboxylic acid groups (broad SMARTS) is 1. The Balaban J connectivity index is 2.90. The zero-order chi connectivity index (χ0) is 11.3. The summed E-state index contributed by atoms with van der Waals surface area (Å²) in [6, 6.07) is 7.73. The van der Waals surface area contributed by atoms with Crippen LogP contribution < -0.4 is 0 Å². The van der Waals surface area contributed by atoms with E-state index in [1.165, 1.54) is 6.92 Å². The van der Waals surface area contributed by atoms with Crippen molar-refractivity contribution >= 4 is 24.7 Å². The molecule has 0 saturated heterocycles. The average Bonchev–Trinajstić information content (AvgIpc) is 2.26. The fourth-order valence-electron chi connectivity index (χ4n) is 0.973. The highest BCUT2D eigenvalue weighted by Crippen LogP contribution is 2.07. The third-order valence-corrected chi connectivity index (χ3v) is 2.30. The first kappa shape index (κ1) is 11.6. The van der Waals surface area contributed by atoms with Gasteiger partial charge in [-0.1, -0.05) is 24.3 Å². The summed E-state index contributed by atoms with van der Waals surface area (Å²) >= 11 is 4.15. The number of rotatable bonds is 3. The number of hydrogen-bond donors (Lipinski definition) is 2. The van der Waals surface area contributed by atoms with Crippen LogP contribution >= 0.6 is 12.6 Å². The van der Waals surface area contributed by atoms with Crippen LogP contribution in [0.3, 0.4) is 0 Å². The Kier molecular flexibility index (Phi) is 4.22. The minimum absolute atomic E-state index is 0.202. The maximum Gasteiger partial charge on any atom is 0.339 e. The van der Waals surface area contributed by atoms with Crippen molar-refractivity contribution in [2.45, 2.75) is 12.7 Å². The van der Waals surface area contributed by atoms with Gasteiger partial charge >= 0.3 is 5.97 Å². The lowest BCUT2D eigenvalue weighted by molar-refractivity contribution is -0.132. The molecular weight excluding hydrogens is 208 g/mol. The van der Waals surface area contributed by atoms with Crippen LogP contribution in [0.25, 0.3) is 6.08 Å². The maximum atomic E-state index is 10.5. The minimum atomic E-state index is -0.946. The van der Waals surface area contributed by atoms with E-state index in [9.17, 15) is 4.79 Å². The molecule has 0 aliphatic carbocycles. The summed E-state index contributed by atoms with van der Waals surface area (Å²) in [7, 11) is 0. The van der Waals surface area contributed by atoms with E-state index < -0.39 is 5.97 Å². The molecule has 0 atom stereocenters. The largest absolute Gasteiger partial charge is 0.477 e. The van der Waals surface area contributed by atoms with Crippen molar-refractivity contribution in [1.29, 1.82) is 0 Å². The van der Waals surface area contributed by atoms with Gasteiger partial charge in [0.15, 0.2) is 0 Å². The second-order valence-electron chi connectivity index (χ2n) is 3.12. The first-order valence-corrected chi connectivity index (χ1v) is 5.13. The van der Waals surface area contributed by atoms with Crippen LogP contribution in [-0.2, 0) is 10.5 Å². The number of carboxylic acids is 1. The van der Waals surface area contributed by atoms with Gasteiger partial charge in [-0.15, -0.1) is 5.73 Å². The zero-order valence-electron chi connectivity index (χ0n) is 8.40. The number of benzene rings is 1. The summed E-state index contributed by atoms with van der Waals surface area (Å²) in [5, 5.41) is 8.61. The maximum absolute atomic E-state index is 10.5. The van der Waals surface area contributed by atoms with Crippen molar-refractivity contribution < 1.29 is 9.90 Å². The van der Waals surface area contributed by atoms with Gasteiger partial charge in [-0.3, -0.25) is 0 Å². The molecule has 2 nitrogen and oxygen atoms in total. The summed E-state index contributed by atoms with van der Waals surface area (Å²) in [6.07, 6.45) is 1.66. The first-order valence-electron chi connectivity index (χ1n) is 4.50. The predicted molar refractivity (Wildman–Crippen MR) is 63.9 cm³/mol. The molecular formula is C12H12O2S. The van der Waals surface area contributed by atoms with Crippen molar-refractivity contribution in [2.24, 2.45) is 0 Å².